The van der Waals surface area contributed by atoms with Crippen molar-refractivity contribution in [2.45, 2.75) is 13.8 Å². The summed E-state index contributed by atoms with van der Waals surface area (Å²) in [6.07, 6.45) is 0. The third-order valence-corrected chi connectivity index (χ3v) is 2.74. The molecule has 0 saturated heterocycles. The average Bonchev–Trinajstić information content (AvgIpc) is 1.96. The van der Waals surface area contributed by atoms with Crippen LogP contribution in [0.25, 0.3) is 0 Å². The summed E-state index contributed by atoms with van der Waals surface area (Å²) in [5, 5.41) is 2.74. The first-order chi connectivity index (χ1) is 6.00. The van der Waals surface area contributed by atoms with Crippen molar-refractivity contribution in [1.29, 1.82) is 0 Å². The molecule has 2 nitrogen and oxygen atoms in total. The molecule has 0 unspecified atom stereocenters. The van der Waals surface area contributed by atoms with Crippen LogP contribution in [0.2, 0.25) is 0 Å². The molecule has 0 heterocycles. The Labute approximate surface area is 94.0 Å². The molecule has 1 N–H and O–H groups in total. The smallest absolute Gasteiger partial charge is 0.221 e. The zero-order valence-electron chi connectivity index (χ0n) is 7.32. The molecule has 4 heteroatoms. The van der Waals surface area contributed by atoms with Crippen LogP contribution >= 0.6 is 31.9 Å². The summed E-state index contributed by atoms with van der Waals surface area (Å²) in [7, 11) is 0. The fraction of sp³-hybridized carbons (Fsp3) is 0.222. The minimum Gasteiger partial charge on any atom is -0.324 e. The minimum atomic E-state index is -0.0785. The number of aryl methyl sites for hydroxylation is 1. The van der Waals surface area contributed by atoms with Crippen molar-refractivity contribution in [2.24, 2.45) is 0 Å². The first kappa shape index (κ1) is 10.7. The van der Waals surface area contributed by atoms with Crippen molar-refractivity contribution in [2.75, 3.05) is 5.32 Å². The van der Waals surface area contributed by atoms with Gasteiger partial charge in [0.15, 0.2) is 0 Å². The predicted molar refractivity (Wildman–Crippen MR) is 60.9 cm³/mol. The Hall–Kier alpha value is -0.350. The van der Waals surface area contributed by atoms with E-state index < -0.39 is 0 Å². The largest absolute Gasteiger partial charge is 0.324 e. The lowest BCUT2D eigenvalue weighted by Crippen LogP contribution is -2.07. The van der Waals surface area contributed by atoms with Crippen molar-refractivity contribution in [3.05, 3.63) is 26.6 Å². The maximum Gasteiger partial charge on any atom is 0.221 e. The van der Waals surface area contributed by atoms with Gasteiger partial charge in [-0.3, -0.25) is 4.79 Å². The van der Waals surface area contributed by atoms with Gasteiger partial charge in [0, 0.05) is 15.9 Å². The summed E-state index contributed by atoms with van der Waals surface area (Å²) in [6.45, 7) is 3.48. The van der Waals surface area contributed by atoms with Gasteiger partial charge < -0.3 is 5.32 Å². The molecular formula is C9H9Br2NO. The molecule has 0 bridgehead atoms. The van der Waals surface area contributed by atoms with Gasteiger partial charge in [-0.15, -0.1) is 0 Å². The SMILES string of the molecule is CC(=O)Nc1c(Br)cc(C)cc1Br. The van der Waals surface area contributed by atoms with E-state index in [0.717, 1.165) is 20.2 Å². The van der Waals surface area contributed by atoms with Crippen molar-refractivity contribution in [3.8, 4) is 0 Å². The van der Waals surface area contributed by atoms with Crippen LogP contribution in [0.1, 0.15) is 12.5 Å². The number of anilines is 1. The molecule has 1 aromatic rings. The Bertz CT molecular complexity index is 326. The molecule has 0 atom stereocenters. The van der Waals surface area contributed by atoms with Crippen LogP contribution in [-0.2, 0) is 4.79 Å². The van der Waals surface area contributed by atoms with E-state index >= 15 is 0 Å². The summed E-state index contributed by atoms with van der Waals surface area (Å²) in [5.41, 5.74) is 1.91. The molecule has 0 radical (unpaired) electrons. The Morgan fingerprint density at radius 2 is 1.77 bits per heavy atom. The Kier molecular flexibility index (Phi) is 3.50. The first-order valence-electron chi connectivity index (χ1n) is 3.74. The normalized spacial score (nSPS) is 9.85. The van der Waals surface area contributed by atoms with Gasteiger partial charge in [-0.05, 0) is 56.5 Å². The van der Waals surface area contributed by atoms with Crippen LogP contribution in [-0.4, -0.2) is 5.91 Å². The molecule has 0 aliphatic carbocycles. The maximum absolute atomic E-state index is 10.8. The van der Waals surface area contributed by atoms with E-state index in [2.05, 4.69) is 37.2 Å². The van der Waals surface area contributed by atoms with Crippen LogP contribution in [0.5, 0.6) is 0 Å². The molecule has 0 aliphatic rings. The lowest BCUT2D eigenvalue weighted by atomic mass is 10.2. The second kappa shape index (κ2) is 4.24. The lowest BCUT2D eigenvalue weighted by Gasteiger charge is -2.08. The van der Waals surface area contributed by atoms with Gasteiger partial charge in [0.05, 0.1) is 5.69 Å². The van der Waals surface area contributed by atoms with Gasteiger partial charge in [0.1, 0.15) is 0 Å². The Balaban J connectivity index is 3.13. The van der Waals surface area contributed by atoms with E-state index in [0.29, 0.717) is 0 Å². The number of halogens is 2. The molecule has 0 saturated carbocycles. The number of hydrogen-bond acceptors (Lipinski definition) is 1. The molecule has 0 aromatic heterocycles. The summed E-state index contributed by atoms with van der Waals surface area (Å²) in [4.78, 5) is 10.8. The van der Waals surface area contributed by atoms with Crippen LogP contribution in [0.15, 0.2) is 21.1 Å². The summed E-state index contributed by atoms with van der Waals surface area (Å²) in [6, 6.07) is 3.91. The zero-order chi connectivity index (χ0) is 10.0. The highest BCUT2D eigenvalue weighted by atomic mass is 79.9. The van der Waals surface area contributed by atoms with Crippen molar-refractivity contribution in [1.82, 2.24) is 0 Å². The van der Waals surface area contributed by atoms with E-state index in [1.807, 2.05) is 19.1 Å². The third kappa shape index (κ3) is 2.81. The molecule has 70 valence electrons. The number of nitrogens with one attached hydrogen (secondary N) is 1. The van der Waals surface area contributed by atoms with Gasteiger partial charge in [0.25, 0.3) is 0 Å². The van der Waals surface area contributed by atoms with Crippen molar-refractivity contribution in [3.63, 3.8) is 0 Å². The number of carbonyl (C=O) groups excluding carboxylic acids is 1. The highest BCUT2D eigenvalue weighted by Gasteiger charge is 2.06. The standard InChI is InChI=1S/C9H9Br2NO/c1-5-3-7(10)9(8(11)4-5)12-6(2)13/h3-4H,1-2H3,(H,12,13). The van der Waals surface area contributed by atoms with Gasteiger partial charge in [0.2, 0.25) is 5.91 Å². The van der Waals surface area contributed by atoms with Crippen LogP contribution in [0.3, 0.4) is 0 Å². The molecule has 1 rings (SSSR count). The molecule has 0 fully saturated rings. The minimum absolute atomic E-state index is 0.0785. The Morgan fingerprint density at radius 1 is 1.31 bits per heavy atom. The second-order valence-corrected chi connectivity index (χ2v) is 4.49. The van der Waals surface area contributed by atoms with Gasteiger partial charge >= 0.3 is 0 Å². The zero-order valence-corrected chi connectivity index (χ0v) is 10.5. The average molecular weight is 307 g/mol. The number of carbonyl (C=O) groups is 1. The molecule has 13 heavy (non-hydrogen) atoms. The molecule has 0 aliphatic heterocycles. The van der Waals surface area contributed by atoms with Crippen LogP contribution in [0, 0.1) is 6.92 Å². The fourth-order valence-electron chi connectivity index (χ4n) is 0.995. The topological polar surface area (TPSA) is 29.1 Å². The quantitative estimate of drug-likeness (QED) is 0.845. The lowest BCUT2D eigenvalue weighted by molar-refractivity contribution is -0.114. The number of hydrogen-bond donors (Lipinski definition) is 1. The Morgan fingerprint density at radius 3 is 2.15 bits per heavy atom. The van der Waals surface area contributed by atoms with E-state index in [1.165, 1.54) is 6.92 Å². The highest BCUT2D eigenvalue weighted by Crippen LogP contribution is 2.32. The van der Waals surface area contributed by atoms with Crippen LogP contribution < -0.4 is 5.32 Å². The number of rotatable bonds is 1. The monoisotopic (exact) mass is 305 g/mol. The summed E-state index contributed by atoms with van der Waals surface area (Å²) < 4.78 is 1.77. The highest BCUT2D eigenvalue weighted by molar-refractivity contribution is 9.11. The predicted octanol–water partition coefficient (Wildman–Crippen LogP) is 3.48. The van der Waals surface area contributed by atoms with E-state index in [-0.39, 0.29) is 5.91 Å². The van der Waals surface area contributed by atoms with E-state index in [4.69, 9.17) is 0 Å². The van der Waals surface area contributed by atoms with Crippen molar-refractivity contribution < 1.29 is 4.79 Å². The number of amides is 1. The fourth-order valence-corrected chi connectivity index (χ4v) is 2.61. The first-order valence-corrected chi connectivity index (χ1v) is 5.32. The molecule has 0 spiro atoms. The molecule has 1 aromatic carbocycles. The summed E-state index contributed by atoms with van der Waals surface area (Å²) in [5.74, 6) is -0.0785. The molecular weight excluding hydrogens is 298 g/mol. The third-order valence-electron chi connectivity index (χ3n) is 1.49. The number of benzene rings is 1. The van der Waals surface area contributed by atoms with Gasteiger partial charge in [-0.1, -0.05) is 0 Å². The van der Waals surface area contributed by atoms with E-state index in [1.54, 1.807) is 0 Å². The van der Waals surface area contributed by atoms with Crippen LogP contribution in [0.4, 0.5) is 5.69 Å². The van der Waals surface area contributed by atoms with E-state index in [9.17, 15) is 4.79 Å². The van der Waals surface area contributed by atoms with Gasteiger partial charge in [-0.2, -0.15) is 0 Å². The summed E-state index contributed by atoms with van der Waals surface area (Å²) >= 11 is 6.76. The van der Waals surface area contributed by atoms with Gasteiger partial charge in [-0.25, -0.2) is 0 Å². The molecule has 1 amide bonds. The second-order valence-electron chi connectivity index (χ2n) is 2.78. The maximum atomic E-state index is 10.8. The van der Waals surface area contributed by atoms with Crippen molar-refractivity contribution >= 4 is 43.5 Å².